The van der Waals surface area contributed by atoms with Crippen molar-refractivity contribution >= 4 is 11.9 Å². The molecule has 5 nitrogen and oxygen atoms in total. The maximum Gasteiger partial charge on any atom is 0.307 e. The van der Waals surface area contributed by atoms with Gasteiger partial charge in [0, 0.05) is 13.6 Å². The van der Waals surface area contributed by atoms with Gasteiger partial charge in [-0.1, -0.05) is 0 Å². The lowest BCUT2D eigenvalue weighted by molar-refractivity contribution is -0.141. The Balaban J connectivity index is 2.43. The van der Waals surface area contributed by atoms with E-state index >= 15 is 0 Å². The summed E-state index contributed by atoms with van der Waals surface area (Å²) in [7, 11) is 1.60. The first kappa shape index (κ1) is 11.5. The molecule has 0 heterocycles. The lowest BCUT2D eigenvalue weighted by atomic mass is 10.2. The molecule has 1 saturated carbocycles. The molecule has 0 saturated heterocycles. The van der Waals surface area contributed by atoms with Gasteiger partial charge in [0.2, 0.25) is 5.91 Å². The van der Waals surface area contributed by atoms with E-state index < -0.39 is 11.9 Å². The van der Waals surface area contributed by atoms with Crippen LogP contribution in [-0.4, -0.2) is 35.5 Å². The van der Waals surface area contributed by atoms with Crippen LogP contribution in [0.25, 0.3) is 0 Å². The molecule has 0 aliphatic heterocycles. The van der Waals surface area contributed by atoms with Crippen LogP contribution in [0.3, 0.4) is 0 Å². The molecule has 0 aromatic carbocycles. The van der Waals surface area contributed by atoms with Crippen molar-refractivity contribution in [1.82, 2.24) is 4.90 Å². The highest BCUT2D eigenvalue weighted by molar-refractivity contribution is 5.89. The molecule has 5 heteroatoms. The summed E-state index contributed by atoms with van der Waals surface area (Å²) in [6.07, 6.45) is 0.430. The van der Waals surface area contributed by atoms with Crippen LogP contribution in [0.1, 0.15) is 13.3 Å². The number of carbonyl (C=O) groups excluding carboxylic acids is 1. The van der Waals surface area contributed by atoms with E-state index in [4.69, 9.17) is 10.4 Å². The van der Waals surface area contributed by atoms with E-state index in [1.54, 1.807) is 14.0 Å². The number of carbonyl (C=O) groups is 2. The second kappa shape index (κ2) is 4.30. The van der Waals surface area contributed by atoms with Crippen LogP contribution < -0.4 is 0 Å². The number of amides is 1. The lowest BCUT2D eigenvalue weighted by Crippen LogP contribution is -2.32. The second-order valence-electron chi connectivity index (χ2n) is 4.04. The van der Waals surface area contributed by atoms with Crippen LogP contribution in [-0.2, 0) is 9.59 Å². The minimum atomic E-state index is -0.907. The molecule has 1 fully saturated rings. The standard InChI is InChI=1S/C10H14N2O3/c1-6(4-11)5-12(2)9(13)7-3-8(7)10(14)15/h6-8H,3,5H2,1-2H3,(H,14,15)/t6?,7-,8+/m1/s1. The SMILES string of the molecule is CC(C#N)CN(C)C(=O)[C@@H]1C[C@@H]1C(=O)O. The van der Waals surface area contributed by atoms with E-state index in [1.807, 2.05) is 6.07 Å². The molecule has 0 radical (unpaired) electrons. The molecule has 1 amide bonds. The van der Waals surface area contributed by atoms with Gasteiger partial charge in [0.05, 0.1) is 23.8 Å². The van der Waals surface area contributed by atoms with Crippen LogP contribution in [0, 0.1) is 29.1 Å². The van der Waals surface area contributed by atoms with E-state index in [-0.39, 0.29) is 17.7 Å². The topological polar surface area (TPSA) is 81.4 Å². The maximum absolute atomic E-state index is 11.6. The van der Waals surface area contributed by atoms with Crippen molar-refractivity contribution < 1.29 is 14.7 Å². The maximum atomic E-state index is 11.6. The molecule has 0 bridgehead atoms. The Bertz CT molecular complexity index is 321. The molecule has 1 N–H and O–H groups in total. The third-order valence-corrected chi connectivity index (χ3v) is 2.57. The number of nitrogens with zero attached hydrogens (tertiary/aromatic N) is 2. The molecular formula is C10H14N2O3. The molecule has 1 unspecified atom stereocenters. The number of rotatable bonds is 4. The van der Waals surface area contributed by atoms with Crippen molar-refractivity contribution in [2.75, 3.05) is 13.6 Å². The van der Waals surface area contributed by atoms with Gasteiger partial charge in [-0.2, -0.15) is 5.26 Å². The zero-order valence-electron chi connectivity index (χ0n) is 8.80. The van der Waals surface area contributed by atoms with Gasteiger partial charge in [0.15, 0.2) is 0 Å². The predicted octanol–water partition coefficient (Wildman–Crippen LogP) is 0.325. The normalized spacial score (nSPS) is 25.1. The van der Waals surface area contributed by atoms with Gasteiger partial charge in [0.25, 0.3) is 0 Å². The molecule has 15 heavy (non-hydrogen) atoms. The smallest absolute Gasteiger partial charge is 0.307 e. The Kier molecular flexibility index (Phi) is 3.30. The van der Waals surface area contributed by atoms with E-state index in [9.17, 15) is 9.59 Å². The number of nitriles is 1. The van der Waals surface area contributed by atoms with Gasteiger partial charge in [-0.25, -0.2) is 0 Å². The van der Waals surface area contributed by atoms with Crippen molar-refractivity contribution in [1.29, 1.82) is 5.26 Å². The molecular weight excluding hydrogens is 196 g/mol. The first-order valence-electron chi connectivity index (χ1n) is 4.84. The largest absolute Gasteiger partial charge is 0.481 e. The van der Waals surface area contributed by atoms with E-state index in [2.05, 4.69) is 0 Å². The van der Waals surface area contributed by atoms with Gasteiger partial charge in [-0.15, -0.1) is 0 Å². The summed E-state index contributed by atoms with van der Waals surface area (Å²) in [6.45, 7) is 2.09. The average molecular weight is 210 g/mol. The molecule has 1 aliphatic rings. The summed E-state index contributed by atoms with van der Waals surface area (Å²) in [5.74, 6) is -2.18. The summed E-state index contributed by atoms with van der Waals surface area (Å²) in [5.41, 5.74) is 0. The summed E-state index contributed by atoms with van der Waals surface area (Å²) in [5, 5.41) is 17.2. The number of carboxylic acid groups (broad SMARTS) is 1. The first-order valence-corrected chi connectivity index (χ1v) is 4.84. The van der Waals surface area contributed by atoms with Gasteiger partial charge in [0.1, 0.15) is 0 Å². The number of hydrogen-bond donors (Lipinski definition) is 1. The molecule has 0 spiro atoms. The molecule has 1 rings (SSSR count). The fourth-order valence-corrected chi connectivity index (χ4v) is 1.57. The van der Waals surface area contributed by atoms with Gasteiger partial charge in [-0.3, -0.25) is 9.59 Å². The summed E-state index contributed by atoms with van der Waals surface area (Å²) >= 11 is 0. The zero-order valence-corrected chi connectivity index (χ0v) is 8.80. The van der Waals surface area contributed by atoms with E-state index in [1.165, 1.54) is 4.90 Å². The third-order valence-electron chi connectivity index (χ3n) is 2.57. The van der Waals surface area contributed by atoms with Crippen molar-refractivity contribution in [2.45, 2.75) is 13.3 Å². The lowest BCUT2D eigenvalue weighted by Gasteiger charge is -2.17. The number of aliphatic carboxylic acids is 1. The second-order valence-corrected chi connectivity index (χ2v) is 4.04. The summed E-state index contributed by atoms with van der Waals surface area (Å²) in [6, 6.07) is 2.03. The van der Waals surface area contributed by atoms with Crippen LogP contribution in [0.2, 0.25) is 0 Å². The predicted molar refractivity (Wildman–Crippen MR) is 51.6 cm³/mol. The fourth-order valence-electron chi connectivity index (χ4n) is 1.57. The van der Waals surface area contributed by atoms with Crippen molar-refractivity contribution in [2.24, 2.45) is 17.8 Å². The highest BCUT2D eigenvalue weighted by Gasteiger charge is 2.49. The minimum absolute atomic E-state index is 0.162. The number of carboxylic acids is 1. The Morgan fingerprint density at radius 3 is 2.60 bits per heavy atom. The van der Waals surface area contributed by atoms with Crippen LogP contribution >= 0.6 is 0 Å². The van der Waals surface area contributed by atoms with Gasteiger partial charge >= 0.3 is 5.97 Å². The zero-order chi connectivity index (χ0) is 11.6. The average Bonchev–Trinajstić information content (AvgIpc) is 2.95. The fraction of sp³-hybridized carbons (Fsp3) is 0.700. The molecule has 0 aromatic rings. The molecule has 3 atom stereocenters. The van der Waals surface area contributed by atoms with Crippen LogP contribution in [0.4, 0.5) is 0 Å². The molecule has 0 aromatic heterocycles. The Morgan fingerprint density at radius 1 is 1.60 bits per heavy atom. The molecule has 82 valence electrons. The summed E-state index contributed by atoms with van der Waals surface area (Å²) < 4.78 is 0. The minimum Gasteiger partial charge on any atom is -0.481 e. The Hall–Kier alpha value is -1.57. The Labute approximate surface area is 88.3 Å². The van der Waals surface area contributed by atoms with Crippen molar-refractivity contribution in [3.05, 3.63) is 0 Å². The highest BCUT2D eigenvalue weighted by Crippen LogP contribution is 2.39. The van der Waals surface area contributed by atoms with Crippen LogP contribution in [0.15, 0.2) is 0 Å². The third kappa shape index (κ3) is 2.69. The number of hydrogen-bond acceptors (Lipinski definition) is 3. The molecule has 1 aliphatic carbocycles. The monoisotopic (exact) mass is 210 g/mol. The first-order chi connectivity index (χ1) is 6.97. The van der Waals surface area contributed by atoms with Gasteiger partial charge in [-0.05, 0) is 13.3 Å². The van der Waals surface area contributed by atoms with E-state index in [0.29, 0.717) is 13.0 Å². The van der Waals surface area contributed by atoms with Crippen molar-refractivity contribution in [3.63, 3.8) is 0 Å². The Morgan fingerprint density at radius 2 is 2.20 bits per heavy atom. The van der Waals surface area contributed by atoms with Crippen LogP contribution in [0.5, 0.6) is 0 Å². The highest BCUT2D eigenvalue weighted by atomic mass is 16.4. The summed E-state index contributed by atoms with van der Waals surface area (Å²) in [4.78, 5) is 23.6. The van der Waals surface area contributed by atoms with Crippen molar-refractivity contribution in [3.8, 4) is 6.07 Å². The van der Waals surface area contributed by atoms with E-state index in [0.717, 1.165) is 0 Å². The van der Waals surface area contributed by atoms with Gasteiger partial charge < -0.3 is 10.0 Å². The quantitative estimate of drug-likeness (QED) is 0.724.